The highest BCUT2D eigenvalue weighted by molar-refractivity contribution is 6.13. The molecule has 0 amide bonds. The van der Waals surface area contributed by atoms with Gasteiger partial charge in [0.2, 0.25) is 0 Å². The zero-order valence-electron chi connectivity index (χ0n) is 13.1. The van der Waals surface area contributed by atoms with Crippen LogP contribution in [0.5, 0.6) is 0 Å². The molecule has 0 spiro atoms. The first-order valence-corrected chi connectivity index (χ1v) is 7.20. The minimum absolute atomic E-state index is 0.447. The van der Waals surface area contributed by atoms with E-state index >= 15 is 0 Å². The monoisotopic (exact) mass is 294 g/mol. The highest BCUT2D eigenvalue weighted by Gasteiger charge is 2.06. The molecule has 0 radical (unpaired) electrons. The van der Waals surface area contributed by atoms with Gasteiger partial charge in [0.25, 0.3) is 0 Å². The predicted octanol–water partition coefficient (Wildman–Crippen LogP) is 3.50. The lowest BCUT2D eigenvalue weighted by Crippen LogP contribution is -2.23. The molecule has 0 saturated heterocycles. The van der Waals surface area contributed by atoms with E-state index in [1.807, 2.05) is 81.4 Å². The Kier molecular flexibility index (Phi) is 4.99. The van der Waals surface area contributed by atoms with Gasteiger partial charge in [-0.1, -0.05) is 81.4 Å². The molecule has 0 fully saturated rings. The van der Waals surface area contributed by atoms with Gasteiger partial charge in [-0.3, -0.25) is 4.99 Å². The van der Waals surface area contributed by atoms with E-state index in [1.54, 1.807) is 0 Å². The third-order valence-corrected chi connectivity index (χ3v) is 2.80. The first kappa shape index (κ1) is 15.8. The molecular formula is C19H20NO2-. The molecule has 0 saturated carbocycles. The summed E-state index contributed by atoms with van der Waals surface area (Å²) >= 11 is 0. The van der Waals surface area contributed by atoms with Gasteiger partial charge >= 0.3 is 0 Å². The highest BCUT2D eigenvalue weighted by atomic mass is 16.6. The second kappa shape index (κ2) is 6.94. The summed E-state index contributed by atoms with van der Waals surface area (Å²) in [6.07, 6.45) is 1.24. The summed E-state index contributed by atoms with van der Waals surface area (Å²) in [5.74, 6) is -0.447. The van der Waals surface area contributed by atoms with Crippen molar-refractivity contribution in [2.24, 2.45) is 4.99 Å². The number of hydrogen-bond donors (Lipinski definition) is 0. The standard InChI is InChI=1S/C19H21NO2/c1-19(2,3)22-17(21)14-20-18(15-10-6-4-7-11-15)16-12-8-5-9-13-16/h4-14,21H,1-3H3/p-1/b17-14+. The maximum Gasteiger partial charge on any atom is 0.0774 e. The summed E-state index contributed by atoms with van der Waals surface area (Å²) in [6.45, 7) is 5.49. The zero-order chi connectivity index (χ0) is 16.0. The molecule has 2 rings (SSSR count). The molecule has 0 heterocycles. The fraction of sp³-hybridized carbons (Fsp3) is 0.211. The number of benzene rings is 2. The molecule has 0 aliphatic carbocycles. The Bertz CT molecular complexity index is 611. The van der Waals surface area contributed by atoms with Crippen LogP contribution in [0.2, 0.25) is 0 Å². The molecule has 0 unspecified atom stereocenters. The van der Waals surface area contributed by atoms with Gasteiger partial charge in [0.1, 0.15) is 0 Å². The Morgan fingerprint density at radius 1 is 0.909 bits per heavy atom. The molecule has 114 valence electrons. The molecule has 0 atom stereocenters. The molecule has 2 aromatic rings. The molecule has 3 nitrogen and oxygen atoms in total. The first-order chi connectivity index (χ1) is 10.5. The van der Waals surface area contributed by atoms with Crippen molar-refractivity contribution >= 4 is 5.71 Å². The van der Waals surface area contributed by atoms with E-state index in [1.165, 1.54) is 6.20 Å². The lowest BCUT2D eigenvalue weighted by Gasteiger charge is -2.30. The molecular weight excluding hydrogens is 274 g/mol. The largest absolute Gasteiger partial charge is 0.606 e. The van der Waals surface area contributed by atoms with Crippen LogP contribution in [0, 0.1) is 0 Å². The van der Waals surface area contributed by atoms with Crippen LogP contribution in [0.3, 0.4) is 0 Å². The second-order valence-electron chi connectivity index (χ2n) is 5.87. The minimum atomic E-state index is -0.525. The maximum atomic E-state index is 11.8. The van der Waals surface area contributed by atoms with E-state index in [-0.39, 0.29) is 0 Å². The van der Waals surface area contributed by atoms with E-state index in [0.717, 1.165) is 16.8 Å². The number of nitrogens with zero attached hydrogens (tertiary/aromatic N) is 1. The van der Waals surface area contributed by atoms with Crippen LogP contribution in [0.25, 0.3) is 0 Å². The molecule has 0 aliphatic heterocycles. The van der Waals surface area contributed by atoms with Gasteiger partial charge in [-0.15, -0.1) is 0 Å². The smallest absolute Gasteiger partial charge is 0.0774 e. The molecule has 0 aliphatic rings. The van der Waals surface area contributed by atoms with E-state index < -0.39 is 11.5 Å². The predicted molar refractivity (Wildman–Crippen MR) is 87.4 cm³/mol. The average Bonchev–Trinajstić information content (AvgIpc) is 2.48. The molecule has 22 heavy (non-hydrogen) atoms. The Hall–Kier alpha value is -2.55. The fourth-order valence-corrected chi connectivity index (χ4v) is 1.95. The van der Waals surface area contributed by atoms with Crippen molar-refractivity contribution in [2.45, 2.75) is 26.4 Å². The summed E-state index contributed by atoms with van der Waals surface area (Å²) in [4.78, 5) is 4.37. The molecule has 2 aromatic carbocycles. The Morgan fingerprint density at radius 2 is 1.36 bits per heavy atom. The van der Waals surface area contributed by atoms with Crippen LogP contribution in [0.15, 0.2) is 77.8 Å². The number of rotatable bonds is 4. The van der Waals surface area contributed by atoms with Gasteiger partial charge in [0.15, 0.2) is 0 Å². The van der Waals surface area contributed by atoms with Crippen LogP contribution in [-0.4, -0.2) is 11.3 Å². The number of hydrogen-bond acceptors (Lipinski definition) is 3. The van der Waals surface area contributed by atoms with Gasteiger partial charge in [-0.05, 0) is 0 Å². The van der Waals surface area contributed by atoms with Crippen LogP contribution in [0.1, 0.15) is 31.9 Å². The Balaban J connectivity index is 2.38. The highest BCUT2D eigenvalue weighted by Crippen LogP contribution is 2.13. The van der Waals surface area contributed by atoms with Gasteiger partial charge < -0.3 is 9.84 Å². The van der Waals surface area contributed by atoms with Crippen molar-refractivity contribution in [1.82, 2.24) is 0 Å². The summed E-state index contributed by atoms with van der Waals surface area (Å²) in [5.41, 5.74) is 2.12. The summed E-state index contributed by atoms with van der Waals surface area (Å²) < 4.78 is 5.26. The van der Waals surface area contributed by atoms with Crippen LogP contribution < -0.4 is 5.11 Å². The lowest BCUT2D eigenvalue weighted by atomic mass is 10.0. The van der Waals surface area contributed by atoms with E-state index in [2.05, 4.69) is 4.99 Å². The fourth-order valence-electron chi connectivity index (χ4n) is 1.95. The van der Waals surface area contributed by atoms with Crippen molar-refractivity contribution < 1.29 is 9.84 Å². The van der Waals surface area contributed by atoms with Gasteiger partial charge in [-0.2, -0.15) is 0 Å². The summed E-state index contributed by atoms with van der Waals surface area (Å²) in [7, 11) is 0. The van der Waals surface area contributed by atoms with Crippen molar-refractivity contribution in [1.29, 1.82) is 0 Å². The third-order valence-electron chi connectivity index (χ3n) is 2.80. The lowest BCUT2D eigenvalue weighted by molar-refractivity contribution is -0.369. The molecule has 3 heteroatoms. The number of aliphatic imine (C=N–C) groups is 1. The number of ether oxygens (including phenoxy) is 1. The van der Waals surface area contributed by atoms with Gasteiger partial charge in [0, 0.05) is 22.9 Å². The maximum absolute atomic E-state index is 11.8. The van der Waals surface area contributed by atoms with Crippen molar-refractivity contribution in [3.63, 3.8) is 0 Å². The van der Waals surface area contributed by atoms with Gasteiger partial charge in [0.05, 0.1) is 11.7 Å². The second-order valence-corrected chi connectivity index (χ2v) is 5.87. The van der Waals surface area contributed by atoms with E-state index in [9.17, 15) is 5.11 Å². The van der Waals surface area contributed by atoms with Crippen LogP contribution in [-0.2, 0) is 4.74 Å². The van der Waals surface area contributed by atoms with Crippen molar-refractivity contribution in [3.05, 3.63) is 83.9 Å². The van der Waals surface area contributed by atoms with Crippen molar-refractivity contribution in [3.8, 4) is 0 Å². The Labute approximate surface area is 131 Å². The molecule has 0 bridgehead atoms. The first-order valence-electron chi connectivity index (χ1n) is 7.20. The average molecular weight is 294 g/mol. The molecule has 0 N–H and O–H groups in total. The van der Waals surface area contributed by atoms with Crippen molar-refractivity contribution in [2.75, 3.05) is 0 Å². The SMILES string of the molecule is CC(C)(C)O/C([O-])=C/N=C(c1ccccc1)c1ccccc1. The van der Waals surface area contributed by atoms with Crippen LogP contribution in [0.4, 0.5) is 0 Å². The van der Waals surface area contributed by atoms with Gasteiger partial charge in [-0.25, -0.2) is 0 Å². The van der Waals surface area contributed by atoms with Crippen LogP contribution >= 0.6 is 0 Å². The Morgan fingerprint density at radius 3 is 1.77 bits per heavy atom. The van der Waals surface area contributed by atoms with E-state index in [0.29, 0.717) is 0 Å². The quantitative estimate of drug-likeness (QED) is 0.640. The third kappa shape index (κ3) is 4.77. The summed E-state index contributed by atoms with van der Waals surface area (Å²) in [6, 6.07) is 19.5. The zero-order valence-corrected chi connectivity index (χ0v) is 13.1. The minimum Gasteiger partial charge on any atom is -0.606 e. The topological polar surface area (TPSA) is 44.6 Å². The van der Waals surface area contributed by atoms with E-state index in [4.69, 9.17) is 4.74 Å². The summed E-state index contributed by atoms with van der Waals surface area (Å²) in [5, 5.41) is 11.8. The molecule has 0 aromatic heterocycles. The normalized spacial score (nSPS) is 11.9.